The first-order chi connectivity index (χ1) is 12.0. The number of carboxylic acid groups (broad SMARTS) is 1. The van der Waals surface area contributed by atoms with Gasteiger partial charge in [-0.05, 0) is 49.8 Å². The van der Waals surface area contributed by atoms with Crippen LogP contribution in [0.3, 0.4) is 0 Å². The number of amides is 2. The first-order valence-corrected chi connectivity index (χ1v) is 8.99. The van der Waals surface area contributed by atoms with Gasteiger partial charge in [0.2, 0.25) is 0 Å². The fraction of sp³-hybridized carbons (Fsp3) is 0.579. The molecule has 0 bridgehead atoms. The van der Waals surface area contributed by atoms with E-state index in [0.29, 0.717) is 31.0 Å². The summed E-state index contributed by atoms with van der Waals surface area (Å²) in [7, 11) is 0. The summed E-state index contributed by atoms with van der Waals surface area (Å²) in [5, 5.41) is 12.6. The number of anilines is 1. The zero-order chi connectivity index (χ0) is 18.0. The number of likely N-dealkylation sites (tertiary alicyclic amines) is 1. The molecule has 6 heteroatoms. The molecule has 0 aromatic heterocycles. The smallest absolute Gasteiger partial charge is 0.321 e. The second kappa shape index (κ2) is 6.94. The number of aliphatic carboxylic acids is 1. The van der Waals surface area contributed by atoms with Gasteiger partial charge in [0.05, 0.1) is 17.7 Å². The molecule has 2 fully saturated rings. The van der Waals surface area contributed by atoms with Crippen molar-refractivity contribution in [2.75, 3.05) is 25.0 Å². The average molecular weight is 346 g/mol. The highest BCUT2D eigenvalue weighted by Gasteiger charge is 2.55. The van der Waals surface area contributed by atoms with E-state index < -0.39 is 11.4 Å². The Morgan fingerprint density at radius 3 is 2.92 bits per heavy atom. The number of nitrogens with zero attached hydrogens (tertiary/aromatic N) is 1. The number of carboxylic acids is 1. The molecule has 1 aliphatic heterocycles. The molecule has 1 heterocycles. The third kappa shape index (κ3) is 3.30. The molecule has 1 saturated heterocycles. The van der Waals surface area contributed by atoms with Gasteiger partial charge in [0.15, 0.2) is 0 Å². The van der Waals surface area contributed by atoms with Crippen LogP contribution in [-0.2, 0) is 4.79 Å². The maximum absolute atomic E-state index is 12.7. The zero-order valence-corrected chi connectivity index (χ0v) is 14.9. The third-order valence-electron chi connectivity index (χ3n) is 5.42. The Balaban J connectivity index is 1.72. The van der Waals surface area contributed by atoms with E-state index in [-0.39, 0.29) is 18.5 Å². The van der Waals surface area contributed by atoms with Crippen LogP contribution in [0.4, 0.5) is 10.5 Å². The molecule has 2 N–H and O–H groups in total. The lowest BCUT2D eigenvalue weighted by Gasteiger charge is -2.23. The molecule has 0 unspecified atom stereocenters. The third-order valence-corrected chi connectivity index (χ3v) is 5.42. The van der Waals surface area contributed by atoms with E-state index in [2.05, 4.69) is 5.32 Å². The summed E-state index contributed by atoms with van der Waals surface area (Å²) in [6.45, 7) is 5.39. The lowest BCUT2D eigenvalue weighted by Crippen LogP contribution is -2.38. The van der Waals surface area contributed by atoms with Gasteiger partial charge in [-0.2, -0.15) is 0 Å². The number of ether oxygens (including phenoxy) is 1. The lowest BCUT2D eigenvalue weighted by molar-refractivity contribution is -0.149. The van der Waals surface area contributed by atoms with Gasteiger partial charge in [-0.1, -0.05) is 19.4 Å². The number of fused-ring (bicyclic) bond motifs is 1. The van der Waals surface area contributed by atoms with Crippen molar-refractivity contribution in [1.82, 2.24) is 4.90 Å². The number of nitrogens with one attached hydrogen (secondary N) is 1. The molecule has 0 spiro atoms. The summed E-state index contributed by atoms with van der Waals surface area (Å²) in [6.07, 6.45) is 3.35. The maximum Gasteiger partial charge on any atom is 0.321 e. The first kappa shape index (κ1) is 17.6. The van der Waals surface area contributed by atoms with Crippen molar-refractivity contribution in [1.29, 1.82) is 0 Å². The molecule has 6 nitrogen and oxygen atoms in total. The average Bonchev–Trinajstić information content (AvgIpc) is 3.13. The van der Waals surface area contributed by atoms with Crippen LogP contribution in [0, 0.1) is 18.3 Å². The van der Waals surface area contributed by atoms with E-state index >= 15 is 0 Å². The van der Waals surface area contributed by atoms with Crippen LogP contribution in [0.15, 0.2) is 18.2 Å². The highest BCUT2D eigenvalue weighted by Crippen LogP contribution is 2.49. The van der Waals surface area contributed by atoms with Gasteiger partial charge in [0.25, 0.3) is 0 Å². The molecule has 1 aliphatic carbocycles. The number of carbonyl (C=O) groups is 2. The van der Waals surface area contributed by atoms with Gasteiger partial charge >= 0.3 is 12.0 Å². The Hall–Kier alpha value is -2.24. The van der Waals surface area contributed by atoms with Crippen LogP contribution in [0.2, 0.25) is 0 Å². The summed E-state index contributed by atoms with van der Waals surface area (Å²) in [5.41, 5.74) is 0.932. The number of benzene rings is 1. The Labute approximate surface area is 148 Å². The topological polar surface area (TPSA) is 78.9 Å². The number of urea groups is 1. The van der Waals surface area contributed by atoms with E-state index in [0.717, 1.165) is 24.8 Å². The van der Waals surface area contributed by atoms with Crippen LogP contribution in [0.1, 0.15) is 38.2 Å². The van der Waals surface area contributed by atoms with Crippen LogP contribution >= 0.6 is 0 Å². The number of carbonyl (C=O) groups excluding carboxylic acids is 1. The largest absolute Gasteiger partial charge is 0.491 e. The van der Waals surface area contributed by atoms with Gasteiger partial charge in [-0.25, -0.2) is 4.79 Å². The fourth-order valence-corrected chi connectivity index (χ4v) is 4.05. The maximum atomic E-state index is 12.7. The molecular weight excluding hydrogens is 320 g/mol. The van der Waals surface area contributed by atoms with Crippen molar-refractivity contribution in [2.24, 2.45) is 11.3 Å². The molecule has 2 amide bonds. The van der Waals surface area contributed by atoms with Crippen LogP contribution in [0.25, 0.3) is 0 Å². The van der Waals surface area contributed by atoms with Gasteiger partial charge in [-0.3, -0.25) is 4.79 Å². The van der Waals surface area contributed by atoms with E-state index in [1.807, 2.05) is 32.0 Å². The molecular formula is C19H26N2O4. The van der Waals surface area contributed by atoms with Crippen molar-refractivity contribution < 1.29 is 19.4 Å². The molecule has 1 aromatic rings. The normalized spacial score (nSPS) is 24.9. The minimum absolute atomic E-state index is 0.0598. The Bertz CT molecular complexity index is 675. The zero-order valence-electron chi connectivity index (χ0n) is 14.9. The molecule has 25 heavy (non-hydrogen) atoms. The second-order valence-corrected chi connectivity index (χ2v) is 7.21. The number of aryl methyl sites for hydroxylation is 1. The predicted octanol–water partition coefficient (Wildman–Crippen LogP) is 3.50. The van der Waals surface area contributed by atoms with E-state index in [4.69, 9.17) is 4.74 Å². The standard InChI is InChI=1S/C19H26N2O4/c1-3-9-25-16-10-13(2)6-7-15(16)20-18(24)21-11-14-5-4-8-19(14,12-21)17(22)23/h6-7,10,14H,3-5,8-9,11-12H2,1-2H3,(H,20,24)(H,22,23)/t14-,19+/m0/s1. The number of rotatable bonds is 5. The van der Waals surface area contributed by atoms with Crippen molar-refractivity contribution in [2.45, 2.75) is 39.5 Å². The van der Waals surface area contributed by atoms with E-state index in [1.54, 1.807) is 4.90 Å². The van der Waals surface area contributed by atoms with E-state index in [1.165, 1.54) is 0 Å². The van der Waals surface area contributed by atoms with Crippen LogP contribution < -0.4 is 10.1 Å². The molecule has 0 radical (unpaired) electrons. The monoisotopic (exact) mass is 346 g/mol. The molecule has 2 aliphatic rings. The Morgan fingerprint density at radius 1 is 1.44 bits per heavy atom. The number of hydrogen-bond donors (Lipinski definition) is 2. The molecule has 1 aromatic carbocycles. The summed E-state index contributed by atoms with van der Waals surface area (Å²) in [6, 6.07) is 5.41. The number of hydrogen-bond acceptors (Lipinski definition) is 3. The van der Waals surface area contributed by atoms with Crippen LogP contribution in [-0.4, -0.2) is 41.7 Å². The summed E-state index contributed by atoms with van der Waals surface area (Å²) in [5.74, 6) is -0.0558. The highest BCUT2D eigenvalue weighted by atomic mass is 16.5. The second-order valence-electron chi connectivity index (χ2n) is 7.21. The quantitative estimate of drug-likeness (QED) is 0.855. The fourth-order valence-electron chi connectivity index (χ4n) is 4.05. The summed E-state index contributed by atoms with van der Waals surface area (Å²) < 4.78 is 5.74. The van der Waals surface area contributed by atoms with Crippen molar-refractivity contribution in [3.8, 4) is 5.75 Å². The highest BCUT2D eigenvalue weighted by molar-refractivity contribution is 5.92. The lowest BCUT2D eigenvalue weighted by atomic mass is 9.81. The predicted molar refractivity (Wildman–Crippen MR) is 95.0 cm³/mol. The van der Waals surface area contributed by atoms with Gasteiger partial charge in [0, 0.05) is 13.1 Å². The summed E-state index contributed by atoms with van der Waals surface area (Å²) >= 11 is 0. The van der Waals surface area contributed by atoms with Crippen molar-refractivity contribution >= 4 is 17.7 Å². The Kier molecular flexibility index (Phi) is 4.88. The minimum Gasteiger partial charge on any atom is -0.491 e. The Morgan fingerprint density at radius 2 is 2.24 bits per heavy atom. The molecule has 136 valence electrons. The van der Waals surface area contributed by atoms with Gasteiger partial charge in [-0.15, -0.1) is 0 Å². The van der Waals surface area contributed by atoms with Gasteiger partial charge in [0.1, 0.15) is 5.75 Å². The summed E-state index contributed by atoms with van der Waals surface area (Å²) in [4.78, 5) is 26.1. The first-order valence-electron chi connectivity index (χ1n) is 8.99. The van der Waals surface area contributed by atoms with Crippen molar-refractivity contribution in [3.63, 3.8) is 0 Å². The van der Waals surface area contributed by atoms with Crippen LogP contribution in [0.5, 0.6) is 5.75 Å². The van der Waals surface area contributed by atoms with Crippen molar-refractivity contribution in [3.05, 3.63) is 23.8 Å². The molecule has 2 atom stereocenters. The SMILES string of the molecule is CCCOc1cc(C)ccc1NC(=O)N1C[C@@H]2CCC[C@@]2(C(=O)O)C1. The van der Waals surface area contributed by atoms with E-state index in [9.17, 15) is 14.7 Å². The minimum atomic E-state index is -0.771. The molecule has 3 rings (SSSR count). The molecule has 1 saturated carbocycles. The van der Waals surface area contributed by atoms with Gasteiger partial charge < -0.3 is 20.1 Å².